The molecule has 0 aliphatic heterocycles. The first-order valence-electron chi connectivity index (χ1n) is 8.11. The fourth-order valence-corrected chi connectivity index (χ4v) is 5.05. The molecule has 0 saturated heterocycles. The highest BCUT2D eigenvalue weighted by Gasteiger charge is 2.55. The van der Waals surface area contributed by atoms with Crippen molar-refractivity contribution in [1.82, 2.24) is 0 Å². The molecule has 1 saturated carbocycles. The smallest absolute Gasteiger partial charge is 0.298 e. The summed E-state index contributed by atoms with van der Waals surface area (Å²) in [6, 6.07) is 0. The Labute approximate surface area is 130 Å². The maximum absolute atomic E-state index is 12.9. The van der Waals surface area contributed by atoms with E-state index in [1.807, 2.05) is 0 Å². The van der Waals surface area contributed by atoms with Gasteiger partial charge in [-0.05, 0) is 69.7 Å². The van der Waals surface area contributed by atoms with E-state index in [-0.39, 0.29) is 16.8 Å². The Kier molecular flexibility index (Phi) is 4.03. The highest BCUT2D eigenvalue weighted by molar-refractivity contribution is 6.71. The average molecular weight is 307 g/mol. The molecule has 118 valence electrons. The predicted octanol–water partition coefficient (Wildman–Crippen LogP) is 5.08. The quantitative estimate of drug-likeness (QED) is 0.665. The van der Waals surface area contributed by atoms with Gasteiger partial charge in [0.1, 0.15) is 0 Å². The van der Waals surface area contributed by atoms with Gasteiger partial charge in [0, 0.05) is 0 Å². The lowest BCUT2D eigenvalue weighted by atomic mass is 9.50. The lowest BCUT2D eigenvalue weighted by Crippen LogP contribution is -2.52. The van der Waals surface area contributed by atoms with Crippen molar-refractivity contribution in [3.63, 3.8) is 0 Å². The first-order chi connectivity index (χ1) is 9.51. The first kappa shape index (κ1) is 16.5. The van der Waals surface area contributed by atoms with E-state index in [4.69, 9.17) is 4.43 Å². The van der Waals surface area contributed by atoms with E-state index >= 15 is 0 Å². The van der Waals surface area contributed by atoms with Crippen molar-refractivity contribution in [2.24, 2.45) is 16.7 Å². The molecular formula is C18H30O2Si. The minimum Gasteiger partial charge on any atom is -0.519 e. The van der Waals surface area contributed by atoms with E-state index < -0.39 is 8.32 Å². The minimum atomic E-state index is -1.85. The Balaban J connectivity index is 2.37. The molecule has 0 aromatic heterocycles. The molecule has 3 heteroatoms. The molecule has 1 fully saturated rings. The van der Waals surface area contributed by atoms with Crippen LogP contribution in [0.5, 0.6) is 0 Å². The van der Waals surface area contributed by atoms with Gasteiger partial charge in [-0.15, -0.1) is 0 Å². The first-order valence-corrected chi connectivity index (χ1v) is 11.5. The van der Waals surface area contributed by atoms with Crippen LogP contribution in [0.1, 0.15) is 46.5 Å². The number of allylic oxidation sites excluding steroid dienone is 3. The van der Waals surface area contributed by atoms with Crippen molar-refractivity contribution in [3.8, 4) is 0 Å². The van der Waals surface area contributed by atoms with E-state index in [0.29, 0.717) is 5.92 Å². The van der Waals surface area contributed by atoms with Crippen molar-refractivity contribution in [3.05, 3.63) is 23.8 Å². The average Bonchev–Trinajstić information content (AvgIpc) is 2.33. The Bertz CT molecular complexity index is 500. The van der Waals surface area contributed by atoms with E-state index in [9.17, 15) is 4.79 Å². The summed E-state index contributed by atoms with van der Waals surface area (Å²) >= 11 is 0. The summed E-state index contributed by atoms with van der Waals surface area (Å²) in [7, 11) is -1.85. The number of carbonyl (C=O) groups is 1. The molecule has 0 amide bonds. The zero-order chi connectivity index (χ0) is 16.1. The summed E-state index contributed by atoms with van der Waals surface area (Å²) in [5.41, 5.74) is 2.21. The van der Waals surface area contributed by atoms with E-state index in [1.165, 1.54) is 11.1 Å². The van der Waals surface area contributed by atoms with Crippen LogP contribution < -0.4 is 0 Å². The molecule has 2 aliphatic carbocycles. The summed E-state index contributed by atoms with van der Waals surface area (Å²) in [4.78, 5) is 12.9. The normalized spacial score (nSPS) is 36.8. The number of hydrogen-bond acceptors (Lipinski definition) is 2. The number of carbonyl (C=O) groups excluding carboxylic acids is 1. The van der Waals surface area contributed by atoms with E-state index in [2.05, 4.69) is 53.1 Å². The minimum absolute atomic E-state index is 0.0262. The Morgan fingerprint density at radius 2 is 1.95 bits per heavy atom. The third kappa shape index (κ3) is 2.77. The van der Waals surface area contributed by atoms with Gasteiger partial charge in [-0.3, -0.25) is 4.79 Å². The van der Waals surface area contributed by atoms with Crippen LogP contribution in [0.25, 0.3) is 0 Å². The zero-order valence-electron chi connectivity index (χ0n) is 14.5. The fraction of sp³-hybridized carbons (Fsp3) is 0.722. The van der Waals surface area contributed by atoms with E-state index in [1.54, 1.807) is 0 Å². The molecule has 0 aromatic carbocycles. The van der Waals surface area contributed by atoms with Gasteiger partial charge in [0.2, 0.25) is 8.32 Å². The van der Waals surface area contributed by atoms with Gasteiger partial charge in [-0.2, -0.15) is 0 Å². The van der Waals surface area contributed by atoms with Crippen molar-refractivity contribution < 1.29 is 9.22 Å². The zero-order valence-corrected chi connectivity index (χ0v) is 15.5. The Morgan fingerprint density at radius 1 is 1.33 bits per heavy atom. The topological polar surface area (TPSA) is 26.3 Å². The van der Waals surface area contributed by atoms with Crippen LogP contribution in [0.2, 0.25) is 19.6 Å². The van der Waals surface area contributed by atoms with Crippen LogP contribution in [0.15, 0.2) is 23.8 Å². The molecule has 0 N–H and O–H groups in total. The van der Waals surface area contributed by atoms with E-state index in [0.717, 1.165) is 25.7 Å². The molecule has 21 heavy (non-hydrogen) atoms. The molecule has 2 rings (SSSR count). The maximum Gasteiger partial charge on any atom is 0.298 e. The summed E-state index contributed by atoms with van der Waals surface area (Å²) in [6.07, 6.45) is 6.39. The molecular weight excluding hydrogens is 276 g/mol. The molecule has 3 atom stereocenters. The highest BCUT2D eigenvalue weighted by Crippen LogP contribution is 2.59. The second-order valence-corrected chi connectivity index (χ2v) is 12.8. The SMILES string of the molecule is C=C1C(C)=CCC2[C@]1(C)CCC[C@]2(C)C(=O)O[Si](C)(C)C. The van der Waals surface area contributed by atoms with Gasteiger partial charge in [-0.25, -0.2) is 0 Å². The highest BCUT2D eigenvalue weighted by atomic mass is 28.4. The molecule has 0 heterocycles. The lowest BCUT2D eigenvalue weighted by molar-refractivity contribution is -0.156. The molecule has 0 aromatic rings. The number of rotatable bonds is 2. The molecule has 0 spiro atoms. The molecule has 0 radical (unpaired) electrons. The van der Waals surface area contributed by atoms with Crippen molar-refractivity contribution in [2.45, 2.75) is 66.1 Å². The van der Waals surface area contributed by atoms with Gasteiger partial charge >= 0.3 is 0 Å². The predicted molar refractivity (Wildman–Crippen MR) is 90.5 cm³/mol. The second kappa shape index (κ2) is 5.11. The van der Waals surface area contributed by atoms with Crippen LogP contribution in [0, 0.1) is 16.7 Å². The van der Waals surface area contributed by atoms with Crippen LogP contribution in [-0.2, 0) is 9.22 Å². The van der Waals surface area contributed by atoms with Gasteiger partial charge in [0.15, 0.2) is 0 Å². The molecule has 0 bridgehead atoms. The third-order valence-electron chi connectivity index (χ3n) is 5.62. The maximum atomic E-state index is 12.9. The van der Waals surface area contributed by atoms with Gasteiger partial charge in [0.05, 0.1) is 5.41 Å². The van der Waals surface area contributed by atoms with Crippen LogP contribution in [0.4, 0.5) is 0 Å². The lowest BCUT2D eigenvalue weighted by Gasteiger charge is -2.54. The summed E-state index contributed by atoms with van der Waals surface area (Å²) in [5.74, 6) is 0.345. The third-order valence-corrected chi connectivity index (χ3v) is 6.42. The summed E-state index contributed by atoms with van der Waals surface area (Å²) in [6.45, 7) is 17.2. The fourth-order valence-electron chi connectivity index (χ4n) is 4.26. The molecule has 1 unspecified atom stereocenters. The monoisotopic (exact) mass is 306 g/mol. The molecule has 2 aliphatic rings. The van der Waals surface area contributed by atoms with Crippen LogP contribution in [-0.4, -0.2) is 14.3 Å². The molecule has 2 nitrogen and oxygen atoms in total. The number of hydrogen-bond donors (Lipinski definition) is 0. The Morgan fingerprint density at radius 3 is 2.52 bits per heavy atom. The van der Waals surface area contributed by atoms with Crippen molar-refractivity contribution in [1.29, 1.82) is 0 Å². The van der Waals surface area contributed by atoms with Gasteiger partial charge < -0.3 is 4.43 Å². The summed E-state index contributed by atoms with van der Waals surface area (Å²) < 4.78 is 5.89. The van der Waals surface area contributed by atoms with Crippen molar-refractivity contribution in [2.75, 3.05) is 0 Å². The summed E-state index contributed by atoms with van der Waals surface area (Å²) in [5, 5.41) is 0. The Hall–Kier alpha value is -0.833. The van der Waals surface area contributed by atoms with Crippen LogP contribution in [0.3, 0.4) is 0 Å². The standard InChI is InChI=1S/C18H30O2Si/c1-13-9-10-15-17(3,14(13)2)11-8-12-18(15,4)16(19)20-21(5,6)7/h9,15H,2,8,10-12H2,1,3-7H3/t15?,17-,18+/m1/s1. The largest absolute Gasteiger partial charge is 0.519 e. The van der Waals surface area contributed by atoms with Crippen LogP contribution >= 0.6 is 0 Å². The van der Waals surface area contributed by atoms with Crippen molar-refractivity contribution >= 4 is 14.3 Å². The van der Waals surface area contributed by atoms with Gasteiger partial charge in [0.25, 0.3) is 5.97 Å². The number of fused-ring (bicyclic) bond motifs is 1. The second-order valence-electron chi connectivity index (χ2n) is 8.34. The van der Waals surface area contributed by atoms with Gasteiger partial charge in [-0.1, -0.05) is 31.6 Å².